The third-order valence-electron chi connectivity index (χ3n) is 8.45. The number of ether oxygens (including phenoxy) is 1. The molecule has 3 fully saturated rings. The predicted molar refractivity (Wildman–Crippen MR) is 168 cm³/mol. The molecule has 2 unspecified atom stereocenters. The Morgan fingerprint density at radius 1 is 1.14 bits per heavy atom. The highest BCUT2D eigenvalue weighted by Gasteiger charge is 2.36. The molecule has 9 nitrogen and oxygen atoms in total. The summed E-state index contributed by atoms with van der Waals surface area (Å²) in [6.07, 6.45) is 15.0. The predicted octanol–water partition coefficient (Wildman–Crippen LogP) is 4.95. The second-order valence-corrected chi connectivity index (χ2v) is 14.4. The van der Waals surface area contributed by atoms with Crippen LogP contribution in [0.25, 0.3) is 16.7 Å². The number of amides is 1. The fraction of sp³-hybridized carbons (Fsp3) is 0.594. The number of aryl methyl sites for hydroxylation is 1. The maximum atomic E-state index is 11.2. The van der Waals surface area contributed by atoms with Gasteiger partial charge in [-0.1, -0.05) is 52.0 Å². The van der Waals surface area contributed by atoms with Crippen molar-refractivity contribution in [1.82, 2.24) is 24.8 Å². The summed E-state index contributed by atoms with van der Waals surface area (Å²) >= 11 is 0. The molecule has 1 aliphatic carbocycles. The van der Waals surface area contributed by atoms with Gasteiger partial charge in [0.25, 0.3) is 0 Å². The molecule has 2 atom stereocenters. The molecule has 2 aliphatic heterocycles. The summed E-state index contributed by atoms with van der Waals surface area (Å²) < 4.78 is 30.1. The van der Waals surface area contributed by atoms with Crippen LogP contribution in [-0.4, -0.2) is 78.1 Å². The molecule has 0 spiro atoms. The number of hydrogen-bond acceptors (Lipinski definition) is 7. The van der Waals surface area contributed by atoms with Crippen molar-refractivity contribution in [2.24, 2.45) is 11.8 Å². The number of aromatic nitrogens is 3. The topological polar surface area (TPSA) is 106 Å². The lowest BCUT2D eigenvalue weighted by Gasteiger charge is -2.24. The highest BCUT2D eigenvalue weighted by Crippen LogP contribution is 2.30. The number of sulfone groups is 1. The quantitative estimate of drug-likeness (QED) is 0.289. The van der Waals surface area contributed by atoms with Crippen LogP contribution in [0.5, 0.6) is 5.75 Å². The van der Waals surface area contributed by atoms with Gasteiger partial charge in [0.15, 0.2) is 0 Å². The number of carbonyl (C=O) groups is 1. The Hall–Kier alpha value is -2.98. The van der Waals surface area contributed by atoms with Gasteiger partial charge >= 0.3 is 0 Å². The Morgan fingerprint density at radius 2 is 1.93 bits per heavy atom. The highest BCUT2D eigenvalue weighted by molar-refractivity contribution is 7.90. The molecular formula is C32H47N5O4S. The van der Waals surface area contributed by atoms with E-state index in [-0.39, 0.29) is 5.75 Å². The molecule has 42 heavy (non-hydrogen) atoms. The normalized spacial score (nSPS) is 20.2. The molecule has 4 heterocycles. The number of rotatable bonds is 8. The largest absolute Gasteiger partial charge is 0.493 e. The van der Waals surface area contributed by atoms with Gasteiger partial charge in [-0.2, -0.15) is 0 Å². The summed E-state index contributed by atoms with van der Waals surface area (Å²) in [4.78, 5) is 20.7. The zero-order chi connectivity index (χ0) is 30.1. The van der Waals surface area contributed by atoms with Gasteiger partial charge in [-0.25, -0.2) is 18.4 Å². The summed E-state index contributed by atoms with van der Waals surface area (Å²) in [6, 6.07) is 10.7. The van der Waals surface area contributed by atoms with E-state index in [1.54, 1.807) is 6.20 Å². The Bertz CT molecular complexity index is 1400. The lowest BCUT2D eigenvalue weighted by atomic mass is 9.82. The van der Waals surface area contributed by atoms with Crippen molar-refractivity contribution < 1.29 is 17.9 Å². The molecule has 230 valence electrons. The van der Waals surface area contributed by atoms with E-state index < -0.39 is 9.84 Å². The van der Waals surface area contributed by atoms with Crippen molar-refractivity contribution in [3.8, 4) is 11.6 Å². The van der Waals surface area contributed by atoms with Crippen molar-refractivity contribution in [1.29, 1.82) is 0 Å². The van der Waals surface area contributed by atoms with Crippen molar-refractivity contribution in [3.63, 3.8) is 0 Å². The van der Waals surface area contributed by atoms with Crippen LogP contribution < -0.4 is 10.1 Å². The van der Waals surface area contributed by atoms with Crippen LogP contribution in [0.15, 0.2) is 42.7 Å². The standard InChI is InChI=1S/C17H19N3O3S.C9H18.C6H10N2O/c1-13-18-9-7-17(19-13)20-10-8-14-15(20)5-3-6-16(14)23-11-4-12-24(2,21)22;1-8(2)9-6-4-3-5-7-9;9-4-8-3-5-1-6(8)2-7-5/h3,5-10H,4,11-12H2,1-2H3;8-9H,3-7H2,1-2H3;4-7H,1-3H2. The molecule has 3 aromatic rings. The van der Waals surface area contributed by atoms with Crippen LogP contribution in [0, 0.1) is 18.8 Å². The zero-order valence-electron chi connectivity index (χ0n) is 25.5. The van der Waals surface area contributed by atoms with Crippen LogP contribution in [0.3, 0.4) is 0 Å². The van der Waals surface area contributed by atoms with E-state index in [0.717, 1.165) is 53.8 Å². The van der Waals surface area contributed by atoms with Crippen LogP contribution in [0.4, 0.5) is 0 Å². The summed E-state index contributed by atoms with van der Waals surface area (Å²) in [5.41, 5.74) is 0.980. The highest BCUT2D eigenvalue weighted by atomic mass is 32.2. The van der Waals surface area contributed by atoms with Crippen LogP contribution in [0.1, 0.15) is 64.6 Å². The third-order valence-corrected chi connectivity index (χ3v) is 9.48. The first-order chi connectivity index (χ1) is 20.1. The number of carbonyl (C=O) groups excluding carboxylic acids is 1. The molecule has 6 rings (SSSR count). The first-order valence-electron chi connectivity index (χ1n) is 15.3. The lowest BCUT2D eigenvalue weighted by molar-refractivity contribution is -0.119. The monoisotopic (exact) mass is 597 g/mol. The minimum atomic E-state index is -2.96. The number of hydrogen-bond donors (Lipinski definition) is 1. The van der Waals surface area contributed by atoms with E-state index in [2.05, 4.69) is 29.1 Å². The van der Waals surface area contributed by atoms with Crippen molar-refractivity contribution in [3.05, 3.63) is 48.5 Å². The molecule has 1 saturated carbocycles. The molecule has 3 aliphatic rings. The zero-order valence-corrected chi connectivity index (χ0v) is 26.4. The van der Waals surface area contributed by atoms with Gasteiger partial charge < -0.3 is 19.5 Å². The van der Waals surface area contributed by atoms with Gasteiger partial charge in [0, 0.05) is 49.2 Å². The minimum absolute atomic E-state index is 0.129. The van der Waals surface area contributed by atoms with Crippen LogP contribution in [0.2, 0.25) is 0 Å². The van der Waals surface area contributed by atoms with E-state index in [1.165, 1.54) is 44.8 Å². The minimum Gasteiger partial charge on any atom is -0.493 e. The van der Waals surface area contributed by atoms with Crippen molar-refractivity contribution in [2.75, 3.05) is 31.7 Å². The summed E-state index contributed by atoms with van der Waals surface area (Å²) in [5, 5.41) is 4.29. The smallest absolute Gasteiger partial charge is 0.210 e. The summed E-state index contributed by atoms with van der Waals surface area (Å²) in [7, 11) is -2.96. The van der Waals surface area contributed by atoms with Gasteiger partial charge in [-0.05, 0) is 55.9 Å². The number of nitrogens with one attached hydrogen (secondary N) is 1. The van der Waals surface area contributed by atoms with Gasteiger partial charge in [-0.3, -0.25) is 4.79 Å². The first kappa shape index (κ1) is 31.9. The molecular weight excluding hydrogens is 550 g/mol. The van der Waals surface area contributed by atoms with E-state index in [4.69, 9.17) is 4.74 Å². The van der Waals surface area contributed by atoms with Gasteiger partial charge in [0.05, 0.1) is 17.9 Å². The van der Waals surface area contributed by atoms with Gasteiger partial charge in [0.2, 0.25) is 6.41 Å². The van der Waals surface area contributed by atoms with Crippen molar-refractivity contribution >= 4 is 27.2 Å². The van der Waals surface area contributed by atoms with Crippen molar-refractivity contribution in [2.45, 2.75) is 77.8 Å². The fourth-order valence-electron chi connectivity index (χ4n) is 6.07. The number of nitrogens with zero attached hydrogens (tertiary/aromatic N) is 4. The number of piperazine rings is 1. The van der Waals surface area contributed by atoms with Crippen LogP contribution in [-0.2, 0) is 14.6 Å². The molecule has 2 saturated heterocycles. The van der Waals surface area contributed by atoms with Crippen LogP contribution >= 0.6 is 0 Å². The maximum absolute atomic E-state index is 11.2. The second-order valence-electron chi connectivity index (χ2n) is 12.1. The molecule has 1 aromatic carbocycles. The maximum Gasteiger partial charge on any atom is 0.210 e. The van der Waals surface area contributed by atoms with E-state index >= 15 is 0 Å². The number of benzene rings is 1. The molecule has 0 radical (unpaired) electrons. The Kier molecular flexibility index (Phi) is 11.4. The first-order valence-corrected chi connectivity index (χ1v) is 17.4. The summed E-state index contributed by atoms with van der Waals surface area (Å²) in [6.45, 7) is 8.86. The molecule has 2 aromatic heterocycles. The van der Waals surface area contributed by atoms with E-state index in [1.807, 2.05) is 52.9 Å². The number of likely N-dealkylation sites (tertiary alicyclic amines) is 1. The molecule has 1 N–H and O–H groups in total. The van der Waals surface area contributed by atoms with E-state index in [9.17, 15) is 13.2 Å². The Balaban J connectivity index is 0.000000182. The average Bonchev–Trinajstić information content (AvgIpc) is 3.72. The number of fused-ring (bicyclic) bond motifs is 3. The summed E-state index contributed by atoms with van der Waals surface area (Å²) in [5.74, 6) is 4.37. The molecule has 10 heteroatoms. The average molecular weight is 598 g/mol. The van der Waals surface area contributed by atoms with E-state index in [0.29, 0.717) is 30.9 Å². The molecule has 2 bridgehead atoms. The van der Waals surface area contributed by atoms with Gasteiger partial charge in [-0.15, -0.1) is 0 Å². The SMILES string of the molecule is CC(C)C1CCCCC1.Cc1nccc(-n2ccc3c(OCCCS(C)(=O)=O)cccc32)n1.O=CN1CC2CC1CN2. The van der Waals surface area contributed by atoms with Gasteiger partial charge in [0.1, 0.15) is 27.2 Å². The lowest BCUT2D eigenvalue weighted by Crippen LogP contribution is -2.42. The molecule has 1 amide bonds. The Labute approximate surface area is 251 Å². The Morgan fingerprint density at radius 3 is 2.50 bits per heavy atom. The second kappa shape index (κ2) is 15.0. The fourth-order valence-corrected chi connectivity index (χ4v) is 6.71. The third kappa shape index (κ3) is 9.01.